The van der Waals surface area contributed by atoms with Gasteiger partial charge in [0.15, 0.2) is 0 Å². The summed E-state index contributed by atoms with van der Waals surface area (Å²) in [6.07, 6.45) is -0.0561. The van der Waals surface area contributed by atoms with E-state index in [1.54, 1.807) is 24.6 Å². The monoisotopic (exact) mass is 511 g/mol. The number of nitrogens with zero attached hydrogens (tertiary/aromatic N) is 1. The van der Waals surface area contributed by atoms with E-state index >= 15 is 0 Å². The van der Waals surface area contributed by atoms with E-state index in [1.165, 1.54) is 11.3 Å². The van der Waals surface area contributed by atoms with Gasteiger partial charge < -0.3 is 24.5 Å². The third-order valence-electron chi connectivity index (χ3n) is 6.33. The van der Waals surface area contributed by atoms with Gasteiger partial charge in [-0.25, -0.2) is 4.98 Å². The maximum atomic E-state index is 10.7. The molecular formula is C27H26ClNO5S. The van der Waals surface area contributed by atoms with Crippen molar-refractivity contribution in [2.75, 3.05) is 0 Å². The van der Waals surface area contributed by atoms with Crippen molar-refractivity contribution in [2.45, 2.75) is 49.8 Å². The lowest BCUT2D eigenvalue weighted by molar-refractivity contribution is -0.225. The van der Waals surface area contributed by atoms with Crippen molar-refractivity contribution in [1.29, 1.82) is 0 Å². The van der Waals surface area contributed by atoms with Crippen LogP contribution in [-0.4, -0.2) is 44.7 Å². The Kier molecular flexibility index (Phi) is 7.34. The molecular weight excluding hydrogens is 486 g/mol. The minimum absolute atomic E-state index is 0.503. The number of ether oxygens (including phenoxy) is 1. The van der Waals surface area contributed by atoms with E-state index in [1.807, 2.05) is 48.5 Å². The lowest BCUT2D eigenvalue weighted by Gasteiger charge is -2.41. The van der Waals surface area contributed by atoms with Crippen LogP contribution in [0.4, 0.5) is 0 Å². The first-order valence-corrected chi connectivity index (χ1v) is 12.7. The van der Waals surface area contributed by atoms with Crippen molar-refractivity contribution in [2.24, 2.45) is 0 Å². The molecule has 5 atom stereocenters. The normalized spacial score (nSPS) is 24.5. The Labute approximate surface area is 212 Å². The number of halogens is 1. The van der Waals surface area contributed by atoms with Crippen LogP contribution in [0.3, 0.4) is 0 Å². The standard InChI is InChI=1S/C27H26ClNO5S/c28-19-10-9-17(13-18(19)14-23-29-15-22(35-23)20-7-4-12-33-20)27-26(32)25(31)24(30)21(34-27)11-8-16-5-2-1-3-6-16/h1-7,9-10,12-13,15,21,24-27,30-32H,8,11,14H2/t21-,24-,25-,26-,27+/m1/s1. The van der Waals surface area contributed by atoms with Crippen LogP contribution in [0.5, 0.6) is 0 Å². The molecule has 0 aliphatic carbocycles. The third-order valence-corrected chi connectivity index (χ3v) is 7.71. The number of aliphatic hydroxyl groups excluding tert-OH is 3. The second kappa shape index (κ2) is 10.6. The SMILES string of the molecule is O[C@H]1[C@@H](O)[C@H](c2ccc(Cl)c(Cc3ncc(-c4ccco4)s3)c2)O[C@H](CCc2ccccc2)[C@H]1O. The van der Waals surface area contributed by atoms with Gasteiger partial charge in [0.1, 0.15) is 30.2 Å². The zero-order chi connectivity index (χ0) is 24.4. The van der Waals surface area contributed by atoms with Gasteiger partial charge in [-0.2, -0.15) is 0 Å². The number of aliphatic hydroxyl groups is 3. The number of aromatic nitrogens is 1. The molecule has 0 saturated carbocycles. The van der Waals surface area contributed by atoms with Crippen molar-refractivity contribution in [1.82, 2.24) is 4.98 Å². The second-order valence-corrected chi connectivity index (χ2v) is 10.2. The van der Waals surface area contributed by atoms with Crippen LogP contribution < -0.4 is 0 Å². The summed E-state index contributed by atoms with van der Waals surface area (Å²) in [5, 5.41) is 33.3. The summed E-state index contributed by atoms with van der Waals surface area (Å²) in [7, 11) is 0. The van der Waals surface area contributed by atoms with Gasteiger partial charge in [0.2, 0.25) is 0 Å². The fraction of sp³-hybridized carbons (Fsp3) is 0.296. The minimum atomic E-state index is -1.32. The van der Waals surface area contributed by atoms with E-state index in [4.69, 9.17) is 20.8 Å². The van der Waals surface area contributed by atoms with Crippen molar-refractivity contribution in [3.63, 3.8) is 0 Å². The summed E-state index contributed by atoms with van der Waals surface area (Å²) >= 11 is 8.02. The fourth-order valence-electron chi connectivity index (χ4n) is 4.41. The zero-order valence-corrected chi connectivity index (χ0v) is 20.4. The molecule has 3 heterocycles. The average Bonchev–Trinajstić information content (AvgIpc) is 3.57. The van der Waals surface area contributed by atoms with Gasteiger partial charge in [-0.1, -0.05) is 54.1 Å². The van der Waals surface area contributed by atoms with Crippen LogP contribution in [0.1, 0.15) is 34.2 Å². The molecule has 2 aromatic heterocycles. The average molecular weight is 512 g/mol. The Morgan fingerprint density at radius 2 is 1.77 bits per heavy atom. The van der Waals surface area contributed by atoms with Crippen LogP contribution in [0, 0.1) is 0 Å². The van der Waals surface area contributed by atoms with E-state index in [-0.39, 0.29) is 0 Å². The van der Waals surface area contributed by atoms with Crippen LogP contribution in [0.15, 0.2) is 77.5 Å². The van der Waals surface area contributed by atoms with Crippen LogP contribution >= 0.6 is 22.9 Å². The quantitative estimate of drug-likeness (QED) is 0.330. The highest BCUT2D eigenvalue weighted by atomic mass is 35.5. The Hall–Kier alpha value is -2.52. The van der Waals surface area contributed by atoms with Crippen LogP contribution in [-0.2, 0) is 17.6 Å². The Morgan fingerprint density at radius 3 is 2.54 bits per heavy atom. The Bertz CT molecular complexity index is 1250. The summed E-state index contributed by atoms with van der Waals surface area (Å²) in [5.41, 5.74) is 2.64. The van der Waals surface area contributed by atoms with Crippen molar-refractivity contribution < 1.29 is 24.5 Å². The van der Waals surface area contributed by atoms with Gasteiger partial charge in [0.05, 0.1) is 22.3 Å². The summed E-state index contributed by atoms with van der Waals surface area (Å²) in [4.78, 5) is 5.43. The fourth-order valence-corrected chi connectivity index (χ4v) is 5.51. The highest BCUT2D eigenvalue weighted by Gasteiger charge is 2.44. The van der Waals surface area contributed by atoms with Gasteiger partial charge in [0.25, 0.3) is 0 Å². The molecule has 1 aliphatic rings. The van der Waals surface area contributed by atoms with Gasteiger partial charge in [0, 0.05) is 17.6 Å². The highest BCUT2D eigenvalue weighted by molar-refractivity contribution is 7.15. The molecule has 0 spiro atoms. The topological polar surface area (TPSA) is 96.0 Å². The summed E-state index contributed by atoms with van der Waals surface area (Å²) in [6.45, 7) is 0. The van der Waals surface area contributed by atoms with Gasteiger partial charge >= 0.3 is 0 Å². The predicted octanol–water partition coefficient (Wildman–Crippen LogP) is 4.80. The molecule has 1 saturated heterocycles. The largest absolute Gasteiger partial charge is 0.463 e. The molecule has 182 valence electrons. The van der Waals surface area contributed by atoms with E-state index < -0.39 is 30.5 Å². The van der Waals surface area contributed by atoms with Gasteiger partial charge in [-0.15, -0.1) is 11.3 Å². The summed E-state index contributed by atoms with van der Waals surface area (Å²) in [5.74, 6) is 0.765. The molecule has 0 bridgehead atoms. The first-order chi connectivity index (χ1) is 17.0. The molecule has 3 N–H and O–H groups in total. The first kappa shape index (κ1) is 24.2. The van der Waals surface area contributed by atoms with E-state index in [0.29, 0.717) is 29.8 Å². The maximum absolute atomic E-state index is 10.7. The highest BCUT2D eigenvalue weighted by Crippen LogP contribution is 2.36. The van der Waals surface area contributed by atoms with E-state index in [2.05, 4.69) is 4.98 Å². The molecule has 2 aromatic carbocycles. The van der Waals surface area contributed by atoms with Crippen molar-refractivity contribution >= 4 is 22.9 Å². The predicted molar refractivity (Wildman–Crippen MR) is 134 cm³/mol. The molecule has 1 fully saturated rings. The minimum Gasteiger partial charge on any atom is -0.463 e. The second-order valence-electron chi connectivity index (χ2n) is 8.71. The maximum Gasteiger partial charge on any atom is 0.145 e. The van der Waals surface area contributed by atoms with E-state index in [9.17, 15) is 15.3 Å². The van der Waals surface area contributed by atoms with Gasteiger partial charge in [-0.05, 0) is 47.7 Å². The van der Waals surface area contributed by atoms with Crippen LogP contribution in [0.25, 0.3) is 10.6 Å². The molecule has 1 aliphatic heterocycles. The molecule has 0 amide bonds. The number of rotatable bonds is 7. The molecule has 4 aromatic rings. The van der Waals surface area contributed by atoms with Gasteiger partial charge in [-0.3, -0.25) is 0 Å². The number of furan rings is 1. The lowest BCUT2D eigenvalue weighted by atomic mass is 9.88. The molecule has 0 unspecified atom stereocenters. The molecule has 0 radical (unpaired) electrons. The summed E-state index contributed by atoms with van der Waals surface area (Å²) in [6, 6.07) is 19.1. The number of benzene rings is 2. The lowest BCUT2D eigenvalue weighted by Crippen LogP contribution is -2.54. The van der Waals surface area contributed by atoms with Crippen LogP contribution in [0.2, 0.25) is 5.02 Å². The third kappa shape index (κ3) is 5.35. The summed E-state index contributed by atoms with van der Waals surface area (Å²) < 4.78 is 11.6. The smallest absolute Gasteiger partial charge is 0.145 e. The number of hydrogen-bond acceptors (Lipinski definition) is 7. The molecule has 35 heavy (non-hydrogen) atoms. The number of hydrogen-bond donors (Lipinski definition) is 3. The molecule has 8 heteroatoms. The Balaban J connectivity index is 1.34. The van der Waals surface area contributed by atoms with Crippen molar-refractivity contribution in [3.8, 4) is 10.6 Å². The van der Waals surface area contributed by atoms with Crippen molar-refractivity contribution in [3.05, 3.63) is 99.8 Å². The van der Waals surface area contributed by atoms with E-state index in [0.717, 1.165) is 26.8 Å². The number of thiazole rings is 1. The first-order valence-electron chi connectivity index (χ1n) is 11.5. The number of aryl methyl sites for hydroxylation is 1. The Morgan fingerprint density at radius 1 is 0.943 bits per heavy atom. The molecule has 6 nitrogen and oxygen atoms in total. The zero-order valence-electron chi connectivity index (χ0n) is 18.8. The molecule has 5 rings (SSSR count).